The summed E-state index contributed by atoms with van der Waals surface area (Å²) < 4.78 is 11.3. The summed E-state index contributed by atoms with van der Waals surface area (Å²) in [6, 6.07) is 5.82. The zero-order valence-electron chi connectivity index (χ0n) is 13.8. The Balaban J connectivity index is 1.45. The quantitative estimate of drug-likeness (QED) is 0.775. The van der Waals surface area contributed by atoms with Crippen molar-refractivity contribution in [2.75, 3.05) is 18.5 Å². The Labute approximate surface area is 142 Å². The van der Waals surface area contributed by atoms with Gasteiger partial charge in [0.15, 0.2) is 11.5 Å². The van der Waals surface area contributed by atoms with Crippen LogP contribution in [0.4, 0.5) is 5.69 Å². The lowest BCUT2D eigenvalue weighted by molar-refractivity contribution is -0.118. The molecule has 0 spiro atoms. The van der Waals surface area contributed by atoms with Crippen molar-refractivity contribution < 1.29 is 14.3 Å². The highest BCUT2D eigenvalue weighted by Gasteiger charge is 2.40. The molecule has 3 atom stereocenters. The van der Waals surface area contributed by atoms with Gasteiger partial charge in [0.1, 0.15) is 6.04 Å². The van der Waals surface area contributed by atoms with Gasteiger partial charge in [-0.05, 0) is 25.0 Å². The molecule has 0 radical (unpaired) electrons. The van der Waals surface area contributed by atoms with E-state index >= 15 is 0 Å². The lowest BCUT2D eigenvalue weighted by atomic mass is 9.89. The Morgan fingerprint density at radius 3 is 2.75 bits per heavy atom. The molecule has 130 valence electrons. The van der Waals surface area contributed by atoms with Crippen molar-refractivity contribution in [1.82, 2.24) is 10.9 Å². The largest absolute Gasteiger partial charge is 0.490 e. The highest BCUT2D eigenvalue weighted by molar-refractivity contribution is 5.95. The molecule has 2 fully saturated rings. The van der Waals surface area contributed by atoms with Gasteiger partial charge in [-0.15, -0.1) is 0 Å². The Bertz CT molecular complexity index is 607. The van der Waals surface area contributed by atoms with Crippen molar-refractivity contribution in [2.24, 2.45) is 5.92 Å². The monoisotopic (exact) mass is 331 g/mol. The first-order chi connectivity index (χ1) is 11.8. The fourth-order valence-corrected chi connectivity index (χ4v) is 3.94. The molecule has 6 heteroatoms. The zero-order valence-corrected chi connectivity index (χ0v) is 13.8. The molecule has 3 N–H and O–H groups in total. The Kier molecular flexibility index (Phi) is 4.58. The van der Waals surface area contributed by atoms with Crippen molar-refractivity contribution in [3.8, 4) is 11.5 Å². The number of hydrazine groups is 1. The van der Waals surface area contributed by atoms with E-state index in [1.165, 1.54) is 19.3 Å². The highest BCUT2D eigenvalue weighted by atomic mass is 16.5. The Morgan fingerprint density at radius 1 is 1.00 bits per heavy atom. The average molecular weight is 331 g/mol. The molecule has 6 nitrogen and oxygen atoms in total. The summed E-state index contributed by atoms with van der Waals surface area (Å²) in [5.74, 6) is 1.84. The van der Waals surface area contributed by atoms with E-state index in [-0.39, 0.29) is 11.9 Å². The summed E-state index contributed by atoms with van der Waals surface area (Å²) in [7, 11) is 0. The third kappa shape index (κ3) is 3.21. The lowest BCUT2D eigenvalue weighted by Gasteiger charge is -2.20. The van der Waals surface area contributed by atoms with Crippen LogP contribution < -0.4 is 25.6 Å². The fourth-order valence-electron chi connectivity index (χ4n) is 3.94. The number of rotatable bonds is 2. The minimum atomic E-state index is -0.177. The lowest BCUT2D eigenvalue weighted by Crippen LogP contribution is -2.42. The summed E-state index contributed by atoms with van der Waals surface area (Å²) in [4.78, 5) is 12.7. The standard InChI is InChI=1S/C18H25N3O3/c22-18(17-13-5-2-1-3-6-14(13)20-21-17)19-12-7-8-15-16(11-12)24-10-4-9-23-15/h7-8,11,13-14,17,20-21H,1-6,9-10H2,(H,19,22). The van der Waals surface area contributed by atoms with Crippen LogP contribution in [0.25, 0.3) is 0 Å². The van der Waals surface area contributed by atoms with Crippen LogP contribution in [0, 0.1) is 5.92 Å². The molecule has 1 saturated heterocycles. The van der Waals surface area contributed by atoms with Crippen LogP contribution in [0.2, 0.25) is 0 Å². The maximum atomic E-state index is 12.7. The van der Waals surface area contributed by atoms with Crippen molar-refractivity contribution in [2.45, 2.75) is 50.6 Å². The van der Waals surface area contributed by atoms with Gasteiger partial charge in [-0.1, -0.05) is 19.3 Å². The van der Waals surface area contributed by atoms with Gasteiger partial charge in [0.25, 0.3) is 0 Å². The van der Waals surface area contributed by atoms with Gasteiger partial charge in [-0.25, -0.2) is 5.43 Å². The second-order valence-electron chi connectivity index (χ2n) is 6.88. The molecule has 1 amide bonds. The van der Waals surface area contributed by atoms with Crippen molar-refractivity contribution >= 4 is 11.6 Å². The average Bonchev–Trinajstić information content (AvgIpc) is 2.77. The highest BCUT2D eigenvalue weighted by Crippen LogP contribution is 2.33. The van der Waals surface area contributed by atoms with E-state index < -0.39 is 0 Å². The Morgan fingerprint density at radius 2 is 1.83 bits per heavy atom. The minimum Gasteiger partial charge on any atom is -0.490 e. The number of carbonyl (C=O) groups excluding carboxylic acids is 1. The van der Waals surface area contributed by atoms with Gasteiger partial charge in [0.2, 0.25) is 5.91 Å². The van der Waals surface area contributed by atoms with Crippen LogP contribution in [-0.2, 0) is 4.79 Å². The zero-order chi connectivity index (χ0) is 16.4. The molecule has 0 aromatic heterocycles. The van der Waals surface area contributed by atoms with Gasteiger partial charge in [0, 0.05) is 30.1 Å². The Hall–Kier alpha value is -1.79. The molecule has 4 rings (SSSR count). The molecule has 2 aliphatic heterocycles. The second-order valence-corrected chi connectivity index (χ2v) is 6.88. The fraction of sp³-hybridized carbons (Fsp3) is 0.611. The minimum absolute atomic E-state index is 0.0198. The first-order valence-corrected chi connectivity index (χ1v) is 9.03. The van der Waals surface area contributed by atoms with Crippen LogP contribution >= 0.6 is 0 Å². The van der Waals surface area contributed by atoms with E-state index in [0.29, 0.717) is 30.9 Å². The van der Waals surface area contributed by atoms with Crippen molar-refractivity contribution in [3.63, 3.8) is 0 Å². The molecular formula is C18H25N3O3. The van der Waals surface area contributed by atoms with Crippen molar-refractivity contribution in [3.05, 3.63) is 18.2 Å². The molecule has 1 aromatic carbocycles. The predicted molar refractivity (Wildman–Crippen MR) is 91.1 cm³/mol. The normalized spacial score (nSPS) is 29.2. The second kappa shape index (κ2) is 6.99. The SMILES string of the molecule is O=C(Nc1ccc2c(c1)OCCCO2)C1NNC2CCCCCC21. The van der Waals surface area contributed by atoms with E-state index in [4.69, 9.17) is 9.47 Å². The van der Waals surface area contributed by atoms with Gasteiger partial charge < -0.3 is 14.8 Å². The molecule has 1 aliphatic carbocycles. The third-order valence-electron chi connectivity index (χ3n) is 5.22. The maximum Gasteiger partial charge on any atom is 0.243 e. The number of hydrogen-bond acceptors (Lipinski definition) is 5. The summed E-state index contributed by atoms with van der Waals surface area (Å²) in [6.45, 7) is 1.31. The van der Waals surface area contributed by atoms with E-state index in [0.717, 1.165) is 30.7 Å². The van der Waals surface area contributed by atoms with Crippen LogP contribution in [0.3, 0.4) is 0 Å². The van der Waals surface area contributed by atoms with Gasteiger partial charge in [-0.2, -0.15) is 0 Å². The van der Waals surface area contributed by atoms with Crippen LogP contribution in [0.15, 0.2) is 18.2 Å². The number of amides is 1. The number of nitrogens with one attached hydrogen (secondary N) is 3. The number of anilines is 1. The van der Waals surface area contributed by atoms with Gasteiger partial charge >= 0.3 is 0 Å². The molecule has 0 bridgehead atoms. The first-order valence-electron chi connectivity index (χ1n) is 9.03. The molecule has 3 unspecified atom stereocenters. The van der Waals surface area contributed by atoms with Gasteiger partial charge in [-0.3, -0.25) is 10.2 Å². The predicted octanol–water partition coefficient (Wildman–Crippen LogP) is 2.21. The number of carbonyl (C=O) groups is 1. The van der Waals surface area contributed by atoms with Crippen LogP contribution in [0.1, 0.15) is 38.5 Å². The van der Waals surface area contributed by atoms with E-state index in [9.17, 15) is 4.79 Å². The summed E-state index contributed by atoms with van der Waals surface area (Å²) >= 11 is 0. The van der Waals surface area contributed by atoms with Crippen LogP contribution in [0.5, 0.6) is 11.5 Å². The first kappa shape index (κ1) is 15.7. The molecular weight excluding hydrogens is 306 g/mol. The summed E-state index contributed by atoms with van der Waals surface area (Å²) in [5, 5.41) is 3.03. The van der Waals surface area contributed by atoms with E-state index in [1.807, 2.05) is 18.2 Å². The van der Waals surface area contributed by atoms with E-state index in [2.05, 4.69) is 16.2 Å². The smallest absolute Gasteiger partial charge is 0.243 e. The number of benzene rings is 1. The van der Waals surface area contributed by atoms with Gasteiger partial charge in [0.05, 0.1) is 13.2 Å². The molecule has 1 aromatic rings. The summed E-state index contributed by atoms with van der Waals surface area (Å²) in [5.41, 5.74) is 7.27. The summed E-state index contributed by atoms with van der Waals surface area (Å²) in [6.07, 6.45) is 6.84. The number of hydrogen-bond donors (Lipinski definition) is 3. The topological polar surface area (TPSA) is 71.6 Å². The molecule has 24 heavy (non-hydrogen) atoms. The molecule has 2 heterocycles. The van der Waals surface area contributed by atoms with E-state index in [1.54, 1.807) is 0 Å². The van der Waals surface area contributed by atoms with Crippen molar-refractivity contribution in [1.29, 1.82) is 0 Å². The van der Waals surface area contributed by atoms with Crippen LogP contribution in [-0.4, -0.2) is 31.2 Å². The number of fused-ring (bicyclic) bond motifs is 2. The molecule has 1 saturated carbocycles. The maximum absolute atomic E-state index is 12.7. The molecule has 3 aliphatic rings. The number of ether oxygens (including phenoxy) is 2. The third-order valence-corrected chi connectivity index (χ3v) is 5.22.